The molecule has 2 heterocycles. The van der Waals surface area contributed by atoms with Gasteiger partial charge in [-0.15, -0.1) is 0 Å². The fraction of sp³-hybridized carbons (Fsp3) is 0.409. The highest BCUT2D eigenvalue weighted by Gasteiger charge is 2.34. The number of benzene rings is 1. The summed E-state index contributed by atoms with van der Waals surface area (Å²) >= 11 is 0. The molecule has 0 radical (unpaired) electrons. The fourth-order valence-electron chi connectivity index (χ4n) is 3.74. The first-order chi connectivity index (χ1) is 14.8. The number of carbonyl (C=O) groups excluding carboxylic acids is 2. The van der Waals surface area contributed by atoms with Gasteiger partial charge in [0.25, 0.3) is 0 Å². The second-order valence-electron chi connectivity index (χ2n) is 8.17. The zero-order valence-corrected chi connectivity index (χ0v) is 18.0. The molecule has 1 aromatic carbocycles. The summed E-state index contributed by atoms with van der Waals surface area (Å²) < 4.78 is 25.5. The van der Waals surface area contributed by atoms with Crippen LogP contribution in [-0.4, -0.2) is 41.5 Å². The predicted molar refractivity (Wildman–Crippen MR) is 119 cm³/mol. The van der Waals surface area contributed by atoms with Crippen molar-refractivity contribution >= 4 is 33.2 Å². The van der Waals surface area contributed by atoms with Crippen LogP contribution in [-0.2, 0) is 25.8 Å². The van der Waals surface area contributed by atoms with Crippen molar-refractivity contribution in [3.8, 4) is 0 Å². The highest BCUT2D eigenvalue weighted by Crippen LogP contribution is 2.41. The van der Waals surface area contributed by atoms with Gasteiger partial charge in [0.2, 0.25) is 11.8 Å². The topological polar surface area (TPSA) is 110 Å². The van der Waals surface area contributed by atoms with Crippen LogP contribution in [0, 0.1) is 0 Å². The van der Waals surface area contributed by atoms with Crippen LogP contribution in [0.1, 0.15) is 48.9 Å². The average Bonchev–Trinajstić information content (AvgIpc) is 3.41. The van der Waals surface area contributed by atoms with E-state index in [1.165, 1.54) is 6.08 Å². The Morgan fingerprint density at radius 3 is 2.52 bits per heavy atom. The van der Waals surface area contributed by atoms with E-state index in [0.717, 1.165) is 24.1 Å². The van der Waals surface area contributed by atoms with Gasteiger partial charge in [0, 0.05) is 24.1 Å². The van der Waals surface area contributed by atoms with Gasteiger partial charge in [-0.1, -0.05) is 18.7 Å². The third-order valence-electron chi connectivity index (χ3n) is 5.62. The molecule has 1 aromatic heterocycles. The lowest BCUT2D eigenvalue weighted by Gasteiger charge is -2.14. The lowest BCUT2D eigenvalue weighted by molar-refractivity contribution is -0.116. The largest absolute Gasteiger partial charge is 0.323 e. The standard InChI is InChI=1S/C22H26N4O4S/c1-2-21(27)23-17-8-3-15(4-9-17)5-10-22(28)24-20-13-19(16-6-7-16)25-26(20)18-11-12-31(29,30)14-18/h2-4,8-9,13,16,18H,1,5-7,10-12,14H2,(H,23,27)(H,24,28). The van der Waals surface area contributed by atoms with Crippen LogP contribution in [0.4, 0.5) is 11.5 Å². The number of nitrogens with zero attached hydrogens (tertiary/aromatic N) is 2. The van der Waals surface area contributed by atoms with Gasteiger partial charge in [-0.2, -0.15) is 5.10 Å². The zero-order chi connectivity index (χ0) is 22.0. The van der Waals surface area contributed by atoms with Crippen molar-refractivity contribution in [2.75, 3.05) is 22.1 Å². The molecule has 164 valence electrons. The van der Waals surface area contributed by atoms with E-state index >= 15 is 0 Å². The molecule has 8 nitrogen and oxygen atoms in total. The Balaban J connectivity index is 1.38. The van der Waals surface area contributed by atoms with E-state index in [2.05, 4.69) is 22.3 Å². The van der Waals surface area contributed by atoms with Gasteiger partial charge in [-0.3, -0.25) is 9.59 Å². The molecular weight excluding hydrogens is 416 g/mol. The molecule has 2 N–H and O–H groups in total. The van der Waals surface area contributed by atoms with E-state index < -0.39 is 9.84 Å². The molecule has 4 rings (SSSR count). The van der Waals surface area contributed by atoms with Gasteiger partial charge in [-0.05, 0) is 49.5 Å². The maximum atomic E-state index is 12.6. The first-order valence-electron chi connectivity index (χ1n) is 10.4. The average molecular weight is 443 g/mol. The summed E-state index contributed by atoms with van der Waals surface area (Å²) in [5, 5.41) is 10.2. The fourth-order valence-corrected chi connectivity index (χ4v) is 5.44. The Morgan fingerprint density at radius 1 is 1.16 bits per heavy atom. The van der Waals surface area contributed by atoms with Crippen LogP contribution >= 0.6 is 0 Å². The maximum absolute atomic E-state index is 12.6. The number of sulfone groups is 1. The Labute approximate surface area is 181 Å². The predicted octanol–water partition coefficient (Wildman–Crippen LogP) is 2.82. The van der Waals surface area contributed by atoms with Gasteiger partial charge in [0.05, 0.1) is 23.2 Å². The quantitative estimate of drug-likeness (QED) is 0.611. The van der Waals surface area contributed by atoms with Crippen LogP contribution in [0.15, 0.2) is 43.0 Å². The van der Waals surface area contributed by atoms with Crippen molar-refractivity contribution in [1.82, 2.24) is 9.78 Å². The van der Waals surface area contributed by atoms with Crippen LogP contribution in [0.3, 0.4) is 0 Å². The first kappa shape index (κ1) is 21.3. The zero-order valence-electron chi connectivity index (χ0n) is 17.2. The summed E-state index contributed by atoms with van der Waals surface area (Å²) in [4.78, 5) is 23.9. The van der Waals surface area contributed by atoms with Crippen LogP contribution in [0.2, 0.25) is 0 Å². The highest BCUT2D eigenvalue weighted by molar-refractivity contribution is 7.91. The molecule has 1 aliphatic carbocycles. The van der Waals surface area contributed by atoms with Gasteiger partial charge in [0.15, 0.2) is 9.84 Å². The van der Waals surface area contributed by atoms with Gasteiger partial charge < -0.3 is 10.6 Å². The molecule has 2 fully saturated rings. The second-order valence-corrected chi connectivity index (χ2v) is 10.4. The molecule has 0 bridgehead atoms. The first-order valence-corrected chi connectivity index (χ1v) is 12.3. The van der Waals surface area contributed by atoms with E-state index in [0.29, 0.717) is 30.3 Å². The van der Waals surface area contributed by atoms with Crippen molar-refractivity contribution < 1.29 is 18.0 Å². The van der Waals surface area contributed by atoms with Crippen molar-refractivity contribution in [2.24, 2.45) is 0 Å². The highest BCUT2D eigenvalue weighted by atomic mass is 32.2. The smallest absolute Gasteiger partial charge is 0.247 e. The number of nitrogens with one attached hydrogen (secondary N) is 2. The molecule has 0 spiro atoms. The lowest BCUT2D eigenvalue weighted by Crippen LogP contribution is -2.19. The summed E-state index contributed by atoms with van der Waals surface area (Å²) in [5.74, 6) is 0.799. The normalized spacial score (nSPS) is 19.7. The van der Waals surface area contributed by atoms with E-state index in [-0.39, 0.29) is 35.8 Å². The van der Waals surface area contributed by atoms with Crippen molar-refractivity contribution in [3.05, 3.63) is 54.2 Å². The molecule has 2 aliphatic rings. The SMILES string of the molecule is C=CC(=O)Nc1ccc(CCC(=O)Nc2cc(C3CC3)nn2C2CCS(=O)(=O)C2)cc1. The molecule has 1 unspecified atom stereocenters. The van der Waals surface area contributed by atoms with Crippen LogP contribution < -0.4 is 10.6 Å². The third kappa shape index (κ3) is 5.41. The summed E-state index contributed by atoms with van der Waals surface area (Å²) in [6.07, 6.45) is 4.71. The number of anilines is 2. The summed E-state index contributed by atoms with van der Waals surface area (Å²) in [6, 6.07) is 8.96. The minimum absolute atomic E-state index is 0.0659. The molecular formula is C22H26N4O4S. The van der Waals surface area contributed by atoms with Crippen molar-refractivity contribution in [2.45, 2.75) is 44.1 Å². The van der Waals surface area contributed by atoms with Gasteiger partial charge >= 0.3 is 0 Å². The molecule has 1 saturated heterocycles. The van der Waals surface area contributed by atoms with Crippen molar-refractivity contribution in [1.29, 1.82) is 0 Å². The van der Waals surface area contributed by atoms with Gasteiger partial charge in [-0.25, -0.2) is 13.1 Å². The van der Waals surface area contributed by atoms with E-state index in [9.17, 15) is 18.0 Å². The number of aryl methyl sites for hydroxylation is 1. The summed E-state index contributed by atoms with van der Waals surface area (Å²) in [5.41, 5.74) is 2.57. The number of hydrogen-bond donors (Lipinski definition) is 2. The summed E-state index contributed by atoms with van der Waals surface area (Å²) in [6.45, 7) is 3.42. The van der Waals surface area contributed by atoms with E-state index in [1.807, 2.05) is 18.2 Å². The van der Waals surface area contributed by atoms with Crippen molar-refractivity contribution in [3.63, 3.8) is 0 Å². The minimum atomic E-state index is -3.05. The Bertz CT molecular complexity index is 1100. The van der Waals surface area contributed by atoms with Gasteiger partial charge in [0.1, 0.15) is 5.82 Å². The molecule has 9 heteroatoms. The molecule has 1 atom stereocenters. The van der Waals surface area contributed by atoms with Crippen LogP contribution in [0.25, 0.3) is 0 Å². The third-order valence-corrected chi connectivity index (χ3v) is 7.37. The molecule has 1 saturated carbocycles. The van der Waals surface area contributed by atoms with Crippen LogP contribution in [0.5, 0.6) is 0 Å². The lowest BCUT2D eigenvalue weighted by atomic mass is 10.1. The number of rotatable bonds is 8. The number of carbonyl (C=O) groups is 2. The second kappa shape index (κ2) is 8.66. The molecule has 31 heavy (non-hydrogen) atoms. The number of hydrogen-bond acceptors (Lipinski definition) is 5. The molecule has 1 aliphatic heterocycles. The molecule has 2 amide bonds. The Kier molecular flexibility index (Phi) is 5.95. The Morgan fingerprint density at radius 2 is 1.90 bits per heavy atom. The Hall–Kier alpha value is -2.94. The summed E-state index contributed by atoms with van der Waals surface area (Å²) in [7, 11) is -3.05. The molecule has 2 aromatic rings. The minimum Gasteiger partial charge on any atom is -0.323 e. The van der Waals surface area contributed by atoms with E-state index in [1.54, 1.807) is 16.8 Å². The number of amides is 2. The monoisotopic (exact) mass is 442 g/mol. The number of aromatic nitrogens is 2. The maximum Gasteiger partial charge on any atom is 0.247 e. The van der Waals surface area contributed by atoms with E-state index in [4.69, 9.17) is 0 Å².